The Bertz CT molecular complexity index is 175. The molecular formula is C3H4FN3S. The van der Waals surface area contributed by atoms with E-state index in [9.17, 15) is 4.39 Å². The molecule has 44 valence electrons. The Morgan fingerprint density at radius 2 is 2.38 bits per heavy atom. The summed E-state index contributed by atoms with van der Waals surface area (Å²) in [5.41, 5.74) is 0. The van der Waals surface area contributed by atoms with Gasteiger partial charge in [-0.2, -0.15) is 4.39 Å². The van der Waals surface area contributed by atoms with Crippen LogP contribution < -0.4 is 5.32 Å². The van der Waals surface area contributed by atoms with Crippen molar-refractivity contribution >= 4 is 16.5 Å². The molecule has 0 aliphatic rings. The van der Waals surface area contributed by atoms with E-state index in [-0.39, 0.29) is 0 Å². The lowest BCUT2D eigenvalue weighted by Gasteiger charge is -1.81. The van der Waals surface area contributed by atoms with E-state index in [0.29, 0.717) is 5.13 Å². The van der Waals surface area contributed by atoms with Crippen molar-refractivity contribution in [3.8, 4) is 0 Å². The fourth-order valence-electron chi connectivity index (χ4n) is 0.306. The van der Waals surface area contributed by atoms with Crippen LogP contribution in [0.3, 0.4) is 0 Å². The lowest BCUT2D eigenvalue weighted by molar-refractivity contribution is 0.601. The molecule has 1 heterocycles. The van der Waals surface area contributed by atoms with E-state index in [1.165, 1.54) is 0 Å². The molecule has 0 aliphatic carbocycles. The van der Waals surface area contributed by atoms with E-state index >= 15 is 0 Å². The van der Waals surface area contributed by atoms with Gasteiger partial charge in [-0.05, 0) is 11.3 Å². The Morgan fingerprint density at radius 1 is 1.62 bits per heavy atom. The van der Waals surface area contributed by atoms with Crippen molar-refractivity contribution in [2.75, 3.05) is 12.4 Å². The zero-order valence-electron chi connectivity index (χ0n) is 4.18. The lowest BCUT2D eigenvalue weighted by Crippen LogP contribution is -1.84. The number of nitrogens with one attached hydrogen (secondary N) is 1. The van der Waals surface area contributed by atoms with Gasteiger partial charge in [-0.1, -0.05) is 0 Å². The van der Waals surface area contributed by atoms with E-state index in [1.54, 1.807) is 7.05 Å². The van der Waals surface area contributed by atoms with Gasteiger partial charge in [0.25, 0.3) is 5.26 Å². The van der Waals surface area contributed by atoms with Gasteiger partial charge in [-0.3, -0.25) is 0 Å². The highest BCUT2D eigenvalue weighted by Crippen LogP contribution is 2.10. The highest BCUT2D eigenvalue weighted by Gasteiger charge is 1.96. The molecule has 5 heteroatoms. The smallest absolute Gasteiger partial charge is 0.291 e. The summed E-state index contributed by atoms with van der Waals surface area (Å²) >= 11 is 0.888. The van der Waals surface area contributed by atoms with Crippen molar-refractivity contribution in [2.24, 2.45) is 0 Å². The molecule has 0 aliphatic heterocycles. The van der Waals surface area contributed by atoms with Crippen LogP contribution in [0.1, 0.15) is 0 Å². The maximum Gasteiger partial charge on any atom is 0.291 e. The van der Waals surface area contributed by atoms with Gasteiger partial charge in [0.05, 0.1) is 0 Å². The zero-order valence-corrected chi connectivity index (χ0v) is 5.00. The second-order valence-electron chi connectivity index (χ2n) is 1.11. The molecule has 0 radical (unpaired) electrons. The van der Waals surface area contributed by atoms with Gasteiger partial charge in [0.15, 0.2) is 0 Å². The van der Waals surface area contributed by atoms with Crippen LogP contribution in [0, 0.1) is 5.26 Å². The Kier molecular flexibility index (Phi) is 1.38. The summed E-state index contributed by atoms with van der Waals surface area (Å²) in [6, 6.07) is 0. The molecule has 0 saturated carbocycles. The first kappa shape index (κ1) is 5.43. The van der Waals surface area contributed by atoms with Gasteiger partial charge in [-0.25, -0.2) is 0 Å². The van der Waals surface area contributed by atoms with Crippen molar-refractivity contribution in [3.63, 3.8) is 0 Å². The van der Waals surface area contributed by atoms with Crippen LogP contribution in [0.4, 0.5) is 9.52 Å². The number of rotatable bonds is 1. The summed E-state index contributed by atoms with van der Waals surface area (Å²) in [4.78, 5) is 0. The summed E-state index contributed by atoms with van der Waals surface area (Å²) in [6.45, 7) is 0. The van der Waals surface area contributed by atoms with Crippen molar-refractivity contribution in [3.05, 3.63) is 5.26 Å². The lowest BCUT2D eigenvalue weighted by atomic mass is 11.1. The third kappa shape index (κ3) is 0.919. The summed E-state index contributed by atoms with van der Waals surface area (Å²) in [5.74, 6) is 0. The van der Waals surface area contributed by atoms with E-state index in [1.807, 2.05) is 0 Å². The first-order valence-electron chi connectivity index (χ1n) is 1.99. The van der Waals surface area contributed by atoms with Crippen LogP contribution in [-0.4, -0.2) is 17.2 Å². The Morgan fingerprint density at radius 3 is 2.62 bits per heavy atom. The van der Waals surface area contributed by atoms with E-state index in [2.05, 4.69) is 15.5 Å². The van der Waals surface area contributed by atoms with Crippen LogP contribution in [0.25, 0.3) is 0 Å². The molecule has 0 atom stereocenters. The average molecular weight is 133 g/mol. The number of hydrogen-bond donors (Lipinski definition) is 1. The largest absolute Gasteiger partial charge is 0.363 e. The predicted octanol–water partition coefficient (Wildman–Crippen LogP) is 0.719. The van der Waals surface area contributed by atoms with Gasteiger partial charge in [0.1, 0.15) is 0 Å². The highest BCUT2D eigenvalue weighted by molar-refractivity contribution is 7.13. The van der Waals surface area contributed by atoms with Gasteiger partial charge in [0.2, 0.25) is 5.13 Å². The molecule has 3 nitrogen and oxygen atoms in total. The number of aromatic nitrogens is 2. The molecule has 1 aromatic heterocycles. The monoisotopic (exact) mass is 133 g/mol. The average Bonchev–Trinajstić information content (AvgIpc) is 2.14. The Labute approximate surface area is 49.6 Å². The van der Waals surface area contributed by atoms with Crippen molar-refractivity contribution in [2.45, 2.75) is 0 Å². The molecule has 8 heavy (non-hydrogen) atoms. The SMILES string of the molecule is CNc1nnc(F)s1. The number of anilines is 1. The number of hydrogen-bond acceptors (Lipinski definition) is 4. The third-order valence-corrected chi connectivity index (χ3v) is 1.34. The molecule has 0 bridgehead atoms. The number of nitrogens with zero attached hydrogens (tertiary/aromatic N) is 2. The molecular weight excluding hydrogens is 129 g/mol. The van der Waals surface area contributed by atoms with Crippen LogP contribution >= 0.6 is 11.3 Å². The highest BCUT2D eigenvalue weighted by atomic mass is 32.1. The minimum Gasteiger partial charge on any atom is -0.363 e. The van der Waals surface area contributed by atoms with Crippen LogP contribution in [0.15, 0.2) is 0 Å². The molecule has 0 unspecified atom stereocenters. The molecule has 1 aromatic rings. The molecule has 0 amide bonds. The molecule has 1 N–H and O–H groups in total. The maximum absolute atomic E-state index is 11.9. The predicted molar refractivity (Wildman–Crippen MR) is 29.4 cm³/mol. The Balaban J connectivity index is 2.84. The Hall–Kier alpha value is -0.710. The molecule has 0 fully saturated rings. The summed E-state index contributed by atoms with van der Waals surface area (Å²) < 4.78 is 11.9. The van der Waals surface area contributed by atoms with Gasteiger partial charge in [0, 0.05) is 7.05 Å². The molecule has 0 spiro atoms. The number of halogens is 1. The van der Waals surface area contributed by atoms with Crippen molar-refractivity contribution in [1.82, 2.24) is 10.2 Å². The normalized spacial score (nSPS) is 9.25. The van der Waals surface area contributed by atoms with Gasteiger partial charge < -0.3 is 5.32 Å². The topological polar surface area (TPSA) is 37.8 Å². The molecule has 1 rings (SSSR count). The van der Waals surface area contributed by atoms with E-state index in [0.717, 1.165) is 11.3 Å². The quantitative estimate of drug-likeness (QED) is 0.613. The van der Waals surface area contributed by atoms with E-state index in [4.69, 9.17) is 0 Å². The van der Waals surface area contributed by atoms with Crippen LogP contribution in [-0.2, 0) is 0 Å². The van der Waals surface area contributed by atoms with Crippen LogP contribution in [0.2, 0.25) is 0 Å². The fraction of sp³-hybridized carbons (Fsp3) is 0.333. The summed E-state index contributed by atoms with van der Waals surface area (Å²) in [6.07, 6.45) is 0. The van der Waals surface area contributed by atoms with Gasteiger partial charge in [-0.15, -0.1) is 10.2 Å². The van der Waals surface area contributed by atoms with Crippen molar-refractivity contribution in [1.29, 1.82) is 0 Å². The minimum atomic E-state index is -0.505. The standard InChI is InChI=1S/C3H4FN3S/c1-5-3-7-6-2(4)8-3/h1H3,(H,5,7). The second kappa shape index (κ2) is 2.04. The first-order valence-corrected chi connectivity index (χ1v) is 2.81. The summed E-state index contributed by atoms with van der Waals surface area (Å²) in [5, 5.41) is 9.19. The summed E-state index contributed by atoms with van der Waals surface area (Å²) in [7, 11) is 1.67. The zero-order chi connectivity index (χ0) is 5.98. The first-order chi connectivity index (χ1) is 3.83. The van der Waals surface area contributed by atoms with Crippen LogP contribution in [0.5, 0.6) is 0 Å². The minimum absolute atomic E-state index is 0.502. The van der Waals surface area contributed by atoms with Gasteiger partial charge >= 0.3 is 0 Å². The molecule has 0 aromatic carbocycles. The third-order valence-electron chi connectivity index (χ3n) is 0.614. The molecule has 0 saturated heterocycles. The van der Waals surface area contributed by atoms with Crippen molar-refractivity contribution < 1.29 is 4.39 Å². The maximum atomic E-state index is 11.9. The second-order valence-corrected chi connectivity index (χ2v) is 2.04. The van der Waals surface area contributed by atoms with E-state index < -0.39 is 5.26 Å². The fourth-order valence-corrected chi connectivity index (χ4v) is 0.731.